The van der Waals surface area contributed by atoms with Gasteiger partial charge in [-0.15, -0.1) is 0 Å². The Morgan fingerprint density at radius 1 is 1.07 bits per heavy atom. The molecule has 3 rings (SSSR count). The van der Waals surface area contributed by atoms with Crippen LogP contribution in [0.1, 0.15) is 41.9 Å². The first-order valence-corrected chi connectivity index (χ1v) is 10.1. The Bertz CT molecular complexity index is 725. The first-order chi connectivity index (χ1) is 13.0. The monoisotopic (exact) mass is 368 g/mol. The van der Waals surface area contributed by atoms with E-state index in [1.807, 2.05) is 27.1 Å². The molecule has 1 aromatic heterocycles. The molecule has 27 heavy (non-hydrogen) atoms. The van der Waals surface area contributed by atoms with Gasteiger partial charge in [0.15, 0.2) is 0 Å². The minimum Gasteiger partial charge on any atom is -0.465 e. The summed E-state index contributed by atoms with van der Waals surface area (Å²) in [7, 11) is 3.62. The molecule has 1 fully saturated rings. The van der Waals surface area contributed by atoms with Crippen LogP contribution in [0.2, 0.25) is 0 Å². The summed E-state index contributed by atoms with van der Waals surface area (Å²) in [5.74, 6) is 3.03. The lowest BCUT2D eigenvalue weighted by atomic mass is 9.89. The van der Waals surface area contributed by atoms with Gasteiger partial charge in [-0.1, -0.05) is 24.3 Å². The van der Waals surface area contributed by atoms with Crippen molar-refractivity contribution < 1.29 is 9.21 Å². The van der Waals surface area contributed by atoms with E-state index in [1.165, 1.54) is 24.0 Å². The molecule has 0 aliphatic carbocycles. The van der Waals surface area contributed by atoms with E-state index in [0.29, 0.717) is 6.42 Å². The molecule has 0 N–H and O–H groups in total. The van der Waals surface area contributed by atoms with Crippen molar-refractivity contribution >= 4 is 5.91 Å². The lowest BCUT2D eigenvalue weighted by molar-refractivity contribution is -0.128. The molecule has 146 valence electrons. The Balaban J connectivity index is 1.41. The third-order valence-electron chi connectivity index (χ3n) is 5.56. The highest BCUT2D eigenvalue weighted by Gasteiger charge is 2.20. The number of aryl methyl sites for hydroxylation is 2. The molecule has 4 heteroatoms. The highest BCUT2D eigenvalue weighted by atomic mass is 16.3. The highest BCUT2D eigenvalue weighted by molar-refractivity contribution is 5.75. The summed E-state index contributed by atoms with van der Waals surface area (Å²) >= 11 is 0. The maximum atomic E-state index is 11.7. The van der Waals surface area contributed by atoms with Crippen LogP contribution >= 0.6 is 0 Å². The number of nitrogens with zero attached hydrogens (tertiary/aromatic N) is 2. The third kappa shape index (κ3) is 5.96. The van der Waals surface area contributed by atoms with Gasteiger partial charge in [0.1, 0.15) is 11.5 Å². The number of amides is 1. The smallest absolute Gasteiger partial charge is 0.222 e. The predicted molar refractivity (Wildman–Crippen MR) is 109 cm³/mol. The number of carbonyl (C=O) groups excluding carboxylic acids is 1. The summed E-state index contributed by atoms with van der Waals surface area (Å²) in [6.45, 7) is 5.23. The van der Waals surface area contributed by atoms with E-state index in [0.717, 1.165) is 49.9 Å². The molecular formula is C23H32N2O2. The van der Waals surface area contributed by atoms with Crippen molar-refractivity contribution in [3.05, 3.63) is 59.0 Å². The quantitative estimate of drug-likeness (QED) is 0.739. The minimum absolute atomic E-state index is 0.190. The molecule has 0 radical (unpaired) electrons. The van der Waals surface area contributed by atoms with Crippen LogP contribution in [0.4, 0.5) is 0 Å². The molecule has 0 unspecified atom stereocenters. The van der Waals surface area contributed by atoms with Crippen LogP contribution in [0.5, 0.6) is 0 Å². The largest absolute Gasteiger partial charge is 0.465 e. The molecular weight excluding hydrogens is 336 g/mol. The van der Waals surface area contributed by atoms with Gasteiger partial charge in [-0.25, -0.2) is 0 Å². The van der Waals surface area contributed by atoms with E-state index in [2.05, 4.69) is 35.2 Å². The summed E-state index contributed by atoms with van der Waals surface area (Å²) < 4.78 is 5.70. The molecule has 1 aromatic carbocycles. The van der Waals surface area contributed by atoms with Crippen LogP contribution in [-0.4, -0.2) is 42.9 Å². The van der Waals surface area contributed by atoms with Crippen molar-refractivity contribution in [2.24, 2.45) is 5.92 Å². The lowest BCUT2D eigenvalue weighted by Gasteiger charge is -2.31. The van der Waals surface area contributed by atoms with E-state index >= 15 is 0 Å². The first-order valence-electron chi connectivity index (χ1n) is 10.1. The standard InChI is InChI=1S/C23H32N2O2/c1-18-4-10-22(27-18)17-25-14-12-21(13-15-25)16-20-7-5-19(6-8-20)9-11-23(26)24(2)3/h4-8,10,21H,9,11-17H2,1-3H3. The Morgan fingerprint density at radius 3 is 2.33 bits per heavy atom. The first kappa shape index (κ1) is 19.7. The summed E-state index contributed by atoms with van der Waals surface area (Å²) in [5.41, 5.74) is 2.66. The maximum absolute atomic E-state index is 11.7. The van der Waals surface area contributed by atoms with Crippen LogP contribution in [0.15, 0.2) is 40.8 Å². The normalized spacial score (nSPS) is 15.8. The molecule has 1 aliphatic rings. The summed E-state index contributed by atoms with van der Waals surface area (Å²) in [5, 5.41) is 0. The molecule has 1 aliphatic heterocycles. The molecule has 2 aromatic rings. The number of carbonyl (C=O) groups is 1. The Morgan fingerprint density at radius 2 is 1.74 bits per heavy atom. The van der Waals surface area contributed by atoms with Crippen LogP contribution in [0.25, 0.3) is 0 Å². The Kier molecular flexibility index (Phi) is 6.73. The second-order valence-corrected chi connectivity index (χ2v) is 8.04. The van der Waals surface area contributed by atoms with Gasteiger partial charge in [0.2, 0.25) is 5.91 Å². The van der Waals surface area contributed by atoms with Crippen molar-refractivity contribution in [1.82, 2.24) is 9.80 Å². The molecule has 2 heterocycles. The van der Waals surface area contributed by atoms with Gasteiger partial charge in [0.05, 0.1) is 6.54 Å². The average Bonchev–Trinajstić information content (AvgIpc) is 3.07. The summed E-state index contributed by atoms with van der Waals surface area (Å²) in [6, 6.07) is 13.0. The van der Waals surface area contributed by atoms with Crippen molar-refractivity contribution in [3.63, 3.8) is 0 Å². The van der Waals surface area contributed by atoms with Gasteiger partial charge < -0.3 is 9.32 Å². The predicted octanol–water partition coefficient (Wildman–Crippen LogP) is 4.06. The fourth-order valence-electron chi connectivity index (χ4n) is 3.79. The summed E-state index contributed by atoms with van der Waals surface area (Å²) in [4.78, 5) is 15.9. The number of rotatable bonds is 7. The number of furan rings is 1. The van der Waals surface area contributed by atoms with E-state index in [1.54, 1.807) is 4.90 Å². The van der Waals surface area contributed by atoms with Gasteiger partial charge in [-0.3, -0.25) is 9.69 Å². The molecule has 0 bridgehead atoms. The SMILES string of the molecule is Cc1ccc(CN2CCC(Cc3ccc(CCC(=O)N(C)C)cc3)CC2)o1. The Labute approximate surface area is 163 Å². The van der Waals surface area contributed by atoms with Crippen molar-refractivity contribution in [3.8, 4) is 0 Å². The van der Waals surface area contributed by atoms with E-state index < -0.39 is 0 Å². The second-order valence-electron chi connectivity index (χ2n) is 8.04. The third-order valence-corrected chi connectivity index (χ3v) is 5.56. The fraction of sp³-hybridized carbons (Fsp3) is 0.522. The van der Waals surface area contributed by atoms with Crippen LogP contribution in [-0.2, 0) is 24.2 Å². The number of likely N-dealkylation sites (tertiary alicyclic amines) is 1. The minimum atomic E-state index is 0.190. The number of hydrogen-bond acceptors (Lipinski definition) is 3. The van der Waals surface area contributed by atoms with Crippen molar-refractivity contribution in [2.75, 3.05) is 27.2 Å². The molecule has 0 spiro atoms. The average molecular weight is 369 g/mol. The topological polar surface area (TPSA) is 36.7 Å². The van der Waals surface area contributed by atoms with Gasteiger partial charge >= 0.3 is 0 Å². The van der Waals surface area contributed by atoms with Crippen LogP contribution in [0.3, 0.4) is 0 Å². The zero-order valence-corrected chi connectivity index (χ0v) is 16.9. The molecule has 1 saturated heterocycles. The molecule has 1 amide bonds. The molecule has 4 nitrogen and oxygen atoms in total. The van der Waals surface area contributed by atoms with E-state index in [-0.39, 0.29) is 5.91 Å². The van der Waals surface area contributed by atoms with Crippen molar-refractivity contribution in [1.29, 1.82) is 0 Å². The van der Waals surface area contributed by atoms with Crippen molar-refractivity contribution in [2.45, 2.75) is 45.6 Å². The fourth-order valence-corrected chi connectivity index (χ4v) is 3.79. The van der Waals surface area contributed by atoms with Gasteiger partial charge in [0, 0.05) is 20.5 Å². The van der Waals surface area contributed by atoms with Gasteiger partial charge in [-0.2, -0.15) is 0 Å². The van der Waals surface area contributed by atoms with Crippen LogP contribution in [0, 0.1) is 12.8 Å². The van der Waals surface area contributed by atoms with E-state index in [9.17, 15) is 4.79 Å². The number of benzene rings is 1. The number of hydrogen-bond donors (Lipinski definition) is 0. The molecule has 0 atom stereocenters. The lowest BCUT2D eigenvalue weighted by Crippen LogP contribution is -2.33. The summed E-state index contributed by atoms with van der Waals surface area (Å²) in [6.07, 6.45) is 5.06. The zero-order valence-electron chi connectivity index (χ0n) is 16.9. The highest BCUT2D eigenvalue weighted by Crippen LogP contribution is 2.23. The van der Waals surface area contributed by atoms with E-state index in [4.69, 9.17) is 4.42 Å². The van der Waals surface area contributed by atoms with Gasteiger partial charge in [-0.05, 0) is 74.9 Å². The Hall–Kier alpha value is -2.07. The second kappa shape index (κ2) is 9.23. The zero-order chi connectivity index (χ0) is 19.2. The van der Waals surface area contributed by atoms with Gasteiger partial charge in [0.25, 0.3) is 0 Å². The number of piperidine rings is 1. The maximum Gasteiger partial charge on any atom is 0.222 e. The van der Waals surface area contributed by atoms with Crippen LogP contribution < -0.4 is 0 Å². The molecule has 0 saturated carbocycles.